The third-order valence-electron chi connectivity index (χ3n) is 4.70. The highest BCUT2D eigenvalue weighted by Crippen LogP contribution is 2.31. The Labute approximate surface area is 162 Å². The van der Waals surface area contributed by atoms with Crippen LogP contribution in [0.1, 0.15) is 5.56 Å². The van der Waals surface area contributed by atoms with Gasteiger partial charge < -0.3 is 24.3 Å². The number of hydrogen-bond acceptors (Lipinski definition) is 6. The maximum Gasteiger partial charge on any atom is 0.187 e. The minimum atomic E-state index is -0.731. The predicted molar refractivity (Wildman–Crippen MR) is 103 cm³/mol. The Kier molecular flexibility index (Phi) is 5.06. The minimum absolute atomic E-state index is 0.101. The molecule has 0 spiro atoms. The number of fused-ring (bicyclic) bond motifs is 2. The average Bonchev–Trinajstić information content (AvgIpc) is 3.15. The minimum Gasteiger partial charge on any atom is -0.490 e. The van der Waals surface area contributed by atoms with Crippen LogP contribution in [0.2, 0.25) is 0 Å². The number of nitrogens with one attached hydrogen (secondary N) is 1. The Balaban J connectivity index is 1.36. The zero-order valence-corrected chi connectivity index (χ0v) is 15.5. The van der Waals surface area contributed by atoms with Crippen molar-refractivity contribution in [1.82, 2.24) is 9.88 Å². The lowest BCUT2D eigenvalue weighted by atomic mass is 10.1. The Hall–Kier alpha value is -3.21. The summed E-state index contributed by atoms with van der Waals surface area (Å²) in [6.45, 7) is 0.837. The first-order chi connectivity index (χ1) is 13.7. The Morgan fingerprint density at radius 3 is 2.93 bits per heavy atom. The summed E-state index contributed by atoms with van der Waals surface area (Å²) in [6.07, 6.45) is 0.633. The lowest BCUT2D eigenvalue weighted by Crippen LogP contribution is -2.47. The van der Waals surface area contributed by atoms with Crippen molar-refractivity contribution in [3.05, 3.63) is 54.2 Å². The van der Waals surface area contributed by atoms with Gasteiger partial charge in [0, 0.05) is 12.7 Å². The first kappa shape index (κ1) is 18.2. The molecule has 2 N–H and O–H groups in total. The van der Waals surface area contributed by atoms with E-state index >= 15 is 0 Å². The summed E-state index contributed by atoms with van der Waals surface area (Å²) in [4.78, 5) is 4.94. The van der Waals surface area contributed by atoms with Crippen molar-refractivity contribution in [2.45, 2.75) is 12.3 Å². The van der Waals surface area contributed by atoms with Crippen molar-refractivity contribution < 1.29 is 19.3 Å². The molecule has 1 aliphatic rings. The monoisotopic (exact) mass is 379 g/mol. The molecule has 144 valence electrons. The predicted octanol–water partition coefficient (Wildman–Crippen LogP) is 2.51. The molecule has 4 rings (SSSR count). The standard InChI is InChI=1S/C21H21N3O4/c1-24(20-13-27-17-6-2-3-7-18(17)28-20)11-15(25)12-26-19-8-4-5-16-21(19)14(9-22)10-23-16/h2-8,10,15,20,23,25H,11-13H2,1H3. The molecule has 0 saturated heterocycles. The molecule has 1 aromatic heterocycles. The summed E-state index contributed by atoms with van der Waals surface area (Å²) in [5.74, 6) is 1.99. The largest absolute Gasteiger partial charge is 0.490 e. The van der Waals surface area contributed by atoms with Gasteiger partial charge in [-0.2, -0.15) is 5.26 Å². The summed E-state index contributed by atoms with van der Waals surface area (Å²) in [6, 6.07) is 15.2. The molecule has 0 amide bonds. The molecule has 0 fully saturated rings. The molecule has 0 aliphatic carbocycles. The van der Waals surface area contributed by atoms with Gasteiger partial charge in [-0.05, 0) is 31.3 Å². The number of aliphatic hydroxyl groups is 1. The molecule has 7 heteroatoms. The summed E-state index contributed by atoms with van der Waals surface area (Å²) < 4.78 is 17.5. The van der Waals surface area contributed by atoms with Gasteiger partial charge >= 0.3 is 0 Å². The summed E-state index contributed by atoms with van der Waals surface area (Å²) >= 11 is 0. The second kappa shape index (κ2) is 7.80. The number of nitriles is 1. The molecular formula is C21H21N3O4. The molecule has 0 radical (unpaired) electrons. The van der Waals surface area contributed by atoms with Crippen molar-refractivity contribution in [2.75, 3.05) is 26.8 Å². The van der Waals surface area contributed by atoms with Crippen LogP contribution in [0.3, 0.4) is 0 Å². The number of aliphatic hydroxyl groups excluding tert-OH is 1. The SMILES string of the molecule is CN(CC(O)COc1cccc2[nH]cc(C#N)c12)C1COc2ccccc2O1. The number of benzene rings is 2. The topological polar surface area (TPSA) is 90.7 Å². The van der Waals surface area contributed by atoms with E-state index in [0.29, 0.717) is 30.2 Å². The lowest BCUT2D eigenvalue weighted by Gasteiger charge is -2.33. The summed E-state index contributed by atoms with van der Waals surface area (Å²) in [5.41, 5.74) is 1.34. The second-order valence-electron chi connectivity index (χ2n) is 6.73. The van der Waals surface area contributed by atoms with Crippen LogP contribution in [-0.4, -0.2) is 54.1 Å². The fourth-order valence-corrected chi connectivity index (χ4v) is 3.27. The number of aromatic amines is 1. The van der Waals surface area contributed by atoms with Crippen molar-refractivity contribution in [2.24, 2.45) is 0 Å². The molecule has 0 bridgehead atoms. The van der Waals surface area contributed by atoms with Crippen molar-refractivity contribution in [1.29, 1.82) is 5.26 Å². The van der Waals surface area contributed by atoms with Crippen molar-refractivity contribution in [3.63, 3.8) is 0 Å². The van der Waals surface area contributed by atoms with E-state index < -0.39 is 6.10 Å². The van der Waals surface area contributed by atoms with Gasteiger partial charge in [0.2, 0.25) is 0 Å². The van der Waals surface area contributed by atoms with Gasteiger partial charge in [-0.15, -0.1) is 0 Å². The van der Waals surface area contributed by atoms with E-state index in [2.05, 4.69) is 11.1 Å². The van der Waals surface area contributed by atoms with Gasteiger partial charge in [0.15, 0.2) is 17.7 Å². The van der Waals surface area contributed by atoms with E-state index in [-0.39, 0.29) is 12.8 Å². The molecule has 7 nitrogen and oxygen atoms in total. The van der Waals surface area contributed by atoms with Gasteiger partial charge in [0.1, 0.15) is 31.1 Å². The summed E-state index contributed by atoms with van der Waals surface area (Å²) in [5, 5.41) is 20.4. The highest BCUT2D eigenvalue weighted by atomic mass is 16.6. The highest BCUT2D eigenvalue weighted by Gasteiger charge is 2.25. The molecule has 3 aromatic rings. The molecular weight excluding hydrogens is 358 g/mol. The molecule has 2 atom stereocenters. The van der Waals surface area contributed by atoms with Crippen LogP contribution in [0.5, 0.6) is 17.2 Å². The van der Waals surface area contributed by atoms with Crippen molar-refractivity contribution in [3.8, 4) is 23.3 Å². The van der Waals surface area contributed by atoms with E-state index in [4.69, 9.17) is 14.2 Å². The number of likely N-dealkylation sites (N-methyl/N-ethyl adjacent to an activating group) is 1. The number of para-hydroxylation sites is 2. The highest BCUT2D eigenvalue weighted by molar-refractivity contribution is 5.91. The average molecular weight is 379 g/mol. The van der Waals surface area contributed by atoms with Crippen LogP contribution in [0.25, 0.3) is 10.9 Å². The number of hydrogen-bond donors (Lipinski definition) is 2. The van der Waals surface area contributed by atoms with Crippen LogP contribution in [0, 0.1) is 11.3 Å². The number of nitrogens with zero attached hydrogens (tertiary/aromatic N) is 2. The van der Waals surface area contributed by atoms with Crippen LogP contribution in [0.15, 0.2) is 48.7 Å². The molecule has 1 aliphatic heterocycles. The van der Waals surface area contributed by atoms with Gasteiger partial charge in [0.05, 0.1) is 16.5 Å². The van der Waals surface area contributed by atoms with Gasteiger partial charge in [0.25, 0.3) is 0 Å². The second-order valence-corrected chi connectivity index (χ2v) is 6.73. The maximum atomic E-state index is 10.4. The Morgan fingerprint density at radius 2 is 2.11 bits per heavy atom. The molecule has 2 heterocycles. The van der Waals surface area contributed by atoms with Crippen molar-refractivity contribution >= 4 is 10.9 Å². The number of aromatic nitrogens is 1. The van der Waals surface area contributed by atoms with Crippen LogP contribution >= 0.6 is 0 Å². The number of rotatable bonds is 6. The third kappa shape index (κ3) is 3.60. The smallest absolute Gasteiger partial charge is 0.187 e. The van der Waals surface area contributed by atoms with E-state index in [0.717, 1.165) is 16.7 Å². The first-order valence-corrected chi connectivity index (χ1v) is 9.05. The van der Waals surface area contributed by atoms with Gasteiger partial charge in [-0.1, -0.05) is 18.2 Å². The first-order valence-electron chi connectivity index (χ1n) is 9.05. The number of H-pyrrole nitrogens is 1. The zero-order valence-electron chi connectivity index (χ0n) is 15.5. The lowest BCUT2D eigenvalue weighted by molar-refractivity contribution is -0.0387. The molecule has 2 unspecified atom stereocenters. The number of ether oxygens (including phenoxy) is 3. The van der Waals surface area contributed by atoms with Crippen LogP contribution in [0.4, 0.5) is 0 Å². The fraction of sp³-hybridized carbons (Fsp3) is 0.286. The normalized spacial score (nSPS) is 16.7. The van der Waals surface area contributed by atoms with Crippen LogP contribution < -0.4 is 14.2 Å². The van der Waals surface area contributed by atoms with E-state index in [1.165, 1.54) is 0 Å². The van der Waals surface area contributed by atoms with E-state index in [9.17, 15) is 10.4 Å². The zero-order chi connectivity index (χ0) is 19.5. The Morgan fingerprint density at radius 1 is 1.29 bits per heavy atom. The van der Waals surface area contributed by atoms with E-state index in [1.54, 1.807) is 12.3 Å². The third-order valence-corrected chi connectivity index (χ3v) is 4.70. The molecule has 28 heavy (non-hydrogen) atoms. The maximum absolute atomic E-state index is 10.4. The van der Waals surface area contributed by atoms with Gasteiger partial charge in [-0.3, -0.25) is 4.90 Å². The quantitative estimate of drug-likeness (QED) is 0.684. The fourth-order valence-electron chi connectivity index (χ4n) is 3.27. The molecule has 2 aromatic carbocycles. The van der Waals surface area contributed by atoms with E-state index in [1.807, 2.05) is 48.3 Å². The Bertz CT molecular complexity index is 1010. The molecule has 0 saturated carbocycles. The van der Waals surface area contributed by atoms with Crippen LogP contribution in [-0.2, 0) is 0 Å². The van der Waals surface area contributed by atoms with Gasteiger partial charge in [-0.25, -0.2) is 0 Å². The summed E-state index contributed by atoms with van der Waals surface area (Å²) in [7, 11) is 1.87.